The predicted molar refractivity (Wildman–Crippen MR) is 72.2 cm³/mol. The summed E-state index contributed by atoms with van der Waals surface area (Å²) < 4.78 is 5.72. The van der Waals surface area contributed by atoms with Crippen molar-refractivity contribution in [2.24, 2.45) is 0 Å². The van der Waals surface area contributed by atoms with Gasteiger partial charge >= 0.3 is 0 Å². The standard InChI is InChI=1S/C15H27NO/c1-2-16-15(13-7-4-3-5-8-13)11-10-14-9-6-12-17-14/h7,14-16H,2-6,8-12H2,1H3. The van der Waals surface area contributed by atoms with Crippen LogP contribution in [0.5, 0.6) is 0 Å². The van der Waals surface area contributed by atoms with E-state index in [1.807, 2.05) is 0 Å². The Labute approximate surface area is 106 Å². The van der Waals surface area contributed by atoms with E-state index in [4.69, 9.17) is 4.74 Å². The molecular weight excluding hydrogens is 210 g/mol. The molecule has 1 saturated heterocycles. The molecule has 2 nitrogen and oxygen atoms in total. The minimum atomic E-state index is 0.542. The zero-order valence-electron chi connectivity index (χ0n) is 11.2. The van der Waals surface area contributed by atoms with E-state index in [1.165, 1.54) is 51.4 Å². The van der Waals surface area contributed by atoms with Crippen LogP contribution < -0.4 is 5.32 Å². The Morgan fingerprint density at radius 1 is 1.41 bits per heavy atom. The molecule has 0 saturated carbocycles. The van der Waals surface area contributed by atoms with Gasteiger partial charge in [-0.3, -0.25) is 0 Å². The molecule has 0 spiro atoms. The summed E-state index contributed by atoms with van der Waals surface area (Å²) in [5.41, 5.74) is 1.66. The van der Waals surface area contributed by atoms with E-state index in [0.29, 0.717) is 12.1 Å². The smallest absolute Gasteiger partial charge is 0.0576 e. The second kappa shape index (κ2) is 7.17. The molecule has 0 aromatic carbocycles. The molecule has 0 radical (unpaired) electrons. The first-order valence-corrected chi connectivity index (χ1v) is 7.44. The molecule has 1 aliphatic carbocycles. The quantitative estimate of drug-likeness (QED) is 0.715. The fraction of sp³-hybridized carbons (Fsp3) is 0.867. The van der Waals surface area contributed by atoms with Gasteiger partial charge in [0.05, 0.1) is 6.10 Å². The van der Waals surface area contributed by atoms with Crippen molar-refractivity contribution in [3.63, 3.8) is 0 Å². The van der Waals surface area contributed by atoms with Gasteiger partial charge in [0.25, 0.3) is 0 Å². The van der Waals surface area contributed by atoms with Crippen LogP contribution in [0, 0.1) is 0 Å². The monoisotopic (exact) mass is 237 g/mol. The van der Waals surface area contributed by atoms with Gasteiger partial charge in [0.1, 0.15) is 0 Å². The van der Waals surface area contributed by atoms with Crippen LogP contribution in [0.15, 0.2) is 11.6 Å². The van der Waals surface area contributed by atoms with Gasteiger partial charge < -0.3 is 10.1 Å². The fourth-order valence-electron chi connectivity index (χ4n) is 3.07. The lowest BCUT2D eigenvalue weighted by Crippen LogP contribution is -2.32. The maximum Gasteiger partial charge on any atom is 0.0576 e. The predicted octanol–water partition coefficient (Wildman–Crippen LogP) is 3.42. The number of nitrogens with one attached hydrogen (secondary N) is 1. The van der Waals surface area contributed by atoms with Crippen molar-refractivity contribution in [2.75, 3.05) is 13.2 Å². The Hall–Kier alpha value is -0.340. The van der Waals surface area contributed by atoms with E-state index < -0.39 is 0 Å². The van der Waals surface area contributed by atoms with E-state index >= 15 is 0 Å². The summed E-state index contributed by atoms with van der Waals surface area (Å²) in [4.78, 5) is 0. The average Bonchev–Trinajstić information content (AvgIpc) is 2.88. The lowest BCUT2D eigenvalue weighted by molar-refractivity contribution is 0.100. The van der Waals surface area contributed by atoms with E-state index in [9.17, 15) is 0 Å². The van der Waals surface area contributed by atoms with Gasteiger partial charge in [0.15, 0.2) is 0 Å². The van der Waals surface area contributed by atoms with Gasteiger partial charge in [0.2, 0.25) is 0 Å². The van der Waals surface area contributed by atoms with Crippen LogP contribution in [-0.4, -0.2) is 25.3 Å². The number of hydrogen-bond donors (Lipinski definition) is 1. The van der Waals surface area contributed by atoms with Crippen molar-refractivity contribution in [3.8, 4) is 0 Å². The third-order valence-corrected chi connectivity index (χ3v) is 4.03. The van der Waals surface area contributed by atoms with Gasteiger partial charge in [-0.15, -0.1) is 0 Å². The molecule has 2 heteroatoms. The molecule has 98 valence electrons. The van der Waals surface area contributed by atoms with Crippen molar-refractivity contribution < 1.29 is 4.74 Å². The van der Waals surface area contributed by atoms with Gasteiger partial charge in [0, 0.05) is 12.6 Å². The zero-order valence-corrected chi connectivity index (χ0v) is 11.2. The van der Waals surface area contributed by atoms with Crippen molar-refractivity contribution in [2.45, 2.75) is 70.4 Å². The van der Waals surface area contributed by atoms with Crippen LogP contribution in [0.3, 0.4) is 0 Å². The molecule has 0 bridgehead atoms. The summed E-state index contributed by atoms with van der Waals surface area (Å²) in [6, 6.07) is 0.615. The molecule has 2 aliphatic rings. The molecule has 1 fully saturated rings. The van der Waals surface area contributed by atoms with Crippen LogP contribution in [0.4, 0.5) is 0 Å². The van der Waals surface area contributed by atoms with Crippen LogP contribution >= 0.6 is 0 Å². The summed E-state index contributed by atoms with van der Waals surface area (Å²) in [7, 11) is 0. The summed E-state index contributed by atoms with van der Waals surface area (Å²) in [6.07, 6.45) is 13.4. The van der Waals surface area contributed by atoms with Gasteiger partial charge in [-0.25, -0.2) is 0 Å². The number of likely N-dealkylation sites (N-methyl/N-ethyl adjacent to an activating group) is 1. The Morgan fingerprint density at radius 2 is 2.35 bits per heavy atom. The second-order valence-corrected chi connectivity index (χ2v) is 5.35. The molecule has 0 amide bonds. The van der Waals surface area contributed by atoms with Gasteiger partial charge in [-0.05, 0) is 57.9 Å². The zero-order chi connectivity index (χ0) is 11.9. The highest BCUT2D eigenvalue weighted by atomic mass is 16.5. The third-order valence-electron chi connectivity index (χ3n) is 4.03. The Morgan fingerprint density at radius 3 is 3.00 bits per heavy atom. The minimum absolute atomic E-state index is 0.542. The Kier molecular flexibility index (Phi) is 5.53. The SMILES string of the molecule is CCNC(CCC1CCCO1)C1=CCCCC1. The highest BCUT2D eigenvalue weighted by Gasteiger charge is 2.20. The lowest BCUT2D eigenvalue weighted by Gasteiger charge is -2.25. The van der Waals surface area contributed by atoms with Crippen molar-refractivity contribution in [1.82, 2.24) is 5.32 Å². The molecule has 17 heavy (non-hydrogen) atoms. The maximum absolute atomic E-state index is 5.72. The number of allylic oxidation sites excluding steroid dienone is 1. The van der Waals surface area contributed by atoms with E-state index in [2.05, 4.69) is 18.3 Å². The summed E-state index contributed by atoms with van der Waals surface area (Å²) in [5.74, 6) is 0. The number of rotatable bonds is 6. The van der Waals surface area contributed by atoms with Crippen LogP contribution in [0.1, 0.15) is 58.3 Å². The summed E-state index contributed by atoms with van der Waals surface area (Å²) in [6.45, 7) is 4.27. The molecule has 1 N–H and O–H groups in total. The van der Waals surface area contributed by atoms with Crippen LogP contribution in [0.2, 0.25) is 0 Å². The van der Waals surface area contributed by atoms with Gasteiger partial charge in [-0.2, -0.15) is 0 Å². The third kappa shape index (κ3) is 4.11. The molecule has 0 aromatic heterocycles. The number of ether oxygens (including phenoxy) is 1. The van der Waals surface area contributed by atoms with Gasteiger partial charge in [-0.1, -0.05) is 18.6 Å². The Balaban J connectivity index is 1.80. The normalized spacial score (nSPS) is 26.9. The van der Waals surface area contributed by atoms with E-state index in [-0.39, 0.29) is 0 Å². The Bertz CT molecular complexity index is 243. The molecule has 2 rings (SSSR count). The van der Waals surface area contributed by atoms with Crippen molar-refractivity contribution in [1.29, 1.82) is 0 Å². The largest absolute Gasteiger partial charge is 0.378 e. The molecule has 2 unspecified atom stereocenters. The first kappa shape index (κ1) is 13.1. The minimum Gasteiger partial charge on any atom is -0.378 e. The molecule has 1 aliphatic heterocycles. The fourth-order valence-corrected chi connectivity index (χ4v) is 3.07. The highest BCUT2D eigenvalue weighted by molar-refractivity contribution is 5.13. The summed E-state index contributed by atoms with van der Waals surface area (Å²) in [5, 5.41) is 3.65. The van der Waals surface area contributed by atoms with E-state index in [1.54, 1.807) is 5.57 Å². The molecule has 1 heterocycles. The molecule has 0 aromatic rings. The first-order valence-electron chi connectivity index (χ1n) is 7.44. The average molecular weight is 237 g/mol. The van der Waals surface area contributed by atoms with Crippen LogP contribution in [-0.2, 0) is 4.74 Å². The molecular formula is C15H27NO. The highest BCUT2D eigenvalue weighted by Crippen LogP contribution is 2.25. The number of hydrogen-bond acceptors (Lipinski definition) is 2. The molecule has 2 atom stereocenters. The maximum atomic E-state index is 5.72. The van der Waals surface area contributed by atoms with Crippen molar-refractivity contribution >= 4 is 0 Å². The van der Waals surface area contributed by atoms with E-state index in [0.717, 1.165) is 13.2 Å². The van der Waals surface area contributed by atoms with Crippen molar-refractivity contribution in [3.05, 3.63) is 11.6 Å². The summed E-state index contributed by atoms with van der Waals surface area (Å²) >= 11 is 0. The topological polar surface area (TPSA) is 21.3 Å². The lowest BCUT2D eigenvalue weighted by atomic mass is 9.90. The van der Waals surface area contributed by atoms with Crippen LogP contribution in [0.25, 0.3) is 0 Å². The second-order valence-electron chi connectivity index (χ2n) is 5.35. The first-order chi connectivity index (χ1) is 8.40.